The molecule has 1 saturated heterocycles. The minimum absolute atomic E-state index is 0.0200. The highest BCUT2D eigenvalue weighted by molar-refractivity contribution is 6.93. The molecule has 0 spiro atoms. The predicted octanol–water partition coefficient (Wildman–Crippen LogP) is -1.41. The minimum atomic E-state index is -3.12. The molecule has 6 N–H and O–H groups in total. The van der Waals surface area contributed by atoms with Crippen molar-refractivity contribution in [2.75, 3.05) is 44.9 Å². The van der Waals surface area contributed by atoms with Crippen LogP contribution in [0.15, 0.2) is 0 Å². The molecule has 2 atom stereocenters. The van der Waals surface area contributed by atoms with Crippen molar-refractivity contribution in [3.63, 3.8) is 0 Å². The molecule has 2 unspecified atom stereocenters. The van der Waals surface area contributed by atoms with Crippen LogP contribution in [0.3, 0.4) is 0 Å². The lowest BCUT2D eigenvalue weighted by Crippen LogP contribution is -2.74. The summed E-state index contributed by atoms with van der Waals surface area (Å²) in [4.78, 5) is 34.4. The number of rotatable bonds is 10. The Morgan fingerprint density at radius 3 is 1.37 bits per heavy atom. The Morgan fingerprint density at radius 1 is 0.733 bits per heavy atom. The maximum atomic E-state index is 11.7. The maximum Gasteiger partial charge on any atom is 0.407 e. The second kappa shape index (κ2) is 11.6. The summed E-state index contributed by atoms with van der Waals surface area (Å²) in [6.07, 6.45) is -2.90. The summed E-state index contributed by atoms with van der Waals surface area (Å²) in [7, 11) is -9.36. The molecule has 1 aliphatic rings. The quantitative estimate of drug-likeness (QED) is 0.198. The number of aliphatic hydroxyl groups is 2. The monoisotopic (exact) mass is 487 g/mol. The van der Waals surface area contributed by atoms with Crippen LogP contribution in [0.4, 0.5) is 14.4 Å². The molecule has 1 rings (SSSR count). The minimum Gasteiger partial charge on any atom is -0.465 e. The smallest absolute Gasteiger partial charge is 0.407 e. The van der Waals surface area contributed by atoms with Gasteiger partial charge in [0, 0.05) is 0 Å². The Balaban J connectivity index is 2.89. The van der Waals surface area contributed by atoms with Crippen molar-refractivity contribution in [2.24, 2.45) is 0 Å². The van der Waals surface area contributed by atoms with Crippen LogP contribution in [0.2, 0.25) is 19.6 Å². The Morgan fingerprint density at radius 2 is 1.07 bits per heavy atom. The van der Waals surface area contributed by atoms with Crippen LogP contribution in [0.25, 0.3) is 0 Å². The van der Waals surface area contributed by atoms with Gasteiger partial charge in [0.25, 0.3) is 0 Å². The number of amides is 3. The molecule has 17 heteroatoms. The van der Waals surface area contributed by atoms with Gasteiger partial charge in [-0.3, -0.25) is 0 Å². The summed E-state index contributed by atoms with van der Waals surface area (Å²) in [5.74, 6) is 0. The fourth-order valence-electron chi connectivity index (χ4n) is 2.73. The van der Waals surface area contributed by atoms with Crippen molar-refractivity contribution >= 4 is 44.0 Å². The maximum absolute atomic E-state index is 11.7. The first kappa shape index (κ1) is 26.3. The normalized spacial score (nSPS) is 28.3. The van der Waals surface area contributed by atoms with Gasteiger partial charge in [-0.1, -0.05) is 0 Å². The molecule has 0 aromatic carbocycles. The van der Waals surface area contributed by atoms with Gasteiger partial charge in [-0.25, -0.2) is 14.4 Å². The van der Waals surface area contributed by atoms with E-state index in [1.54, 1.807) is 19.6 Å². The van der Waals surface area contributed by atoms with Crippen molar-refractivity contribution in [1.29, 1.82) is 0 Å². The topological polar surface area (TPSA) is 194 Å². The van der Waals surface area contributed by atoms with E-state index in [-0.39, 0.29) is 44.9 Å². The van der Waals surface area contributed by atoms with Gasteiger partial charge in [0.2, 0.25) is 0 Å². The molecular weight excluding hydrogens is 458 g/mol. The first-order chi connectivity index (χ1) is 13.9. The van der Waals surface area contributed by atoms with E-state index >= 15 is 0 Å². The molecule has 0 aromatic rings. The van der Waals surface area contributed by atoms with Crippen molar-refractivity contribution in [3.8, 4) is 0 Å². The second-order valence-electron chi connectivity index (χ2n) is 6.79. The lowest BCUT2D eigenvalue weighted by atomic mass is 10.8. The molecule has 0 saturated carbocycles. The lowest BCUT2D eigenvalue weighted by molar-refractivity contribution is 0.118. The average Bonchev–Trinajstić information content (AvgIpc) is 2.65. The summed E-state index contributed by atoms with van der Waals surface area (Å²) in [5, 5.41) is 33.7. The average molecular weight is 488 g/mol. The van der Waals surface area contributed by atoms with Crippen LogP contribution >= 0.6 is 0 Å². The molecule has 0 aromatic heterocycles. The number of nitrogens with one attached hydrogen (secondary N) is 3. The van der Waals surface area contributed by atoms with Gasteiger partial charge >= 0.3 is 44.0 Å². The zero-order valence-electron chi connectivity index (χ0n) is 17.1. The SMILES string of the molecule is C[Si]1(CNC(=O)O)O[Si](C)(CNC(=O)OCCO)O[Si](C)(CNC(=O)OCCO)O1. The van der Waals surface area contributed by atoms with Crippen molar-refractivity contribution in [3.05, 3.63) is 0 Å². The van der Waals surface area contributed by atoms with E-state index in [0.717, 1.165) is 0 Å². The van der Waals surface area contributed by atoms with Crippen LogP contribution in [0.5, 0.6) is 0 Å². The third-order valence-corrected chi connectivity index (χ3v) is 16.4. The summed E-state index contributed by atoms with van der Waals surface area (Å²) in [6, 6.07) is 0. The Bertz CT molecular complexity index is 578. The lowest BCUT2D eigenvalue weighted by Gasteiger charge is -2.49. The third kappa shape index (κ3) is 9.38. The molecule has 1 heterocycles. The van der Waals surface area contributed by atoms with Gasteiger partial charge in [0.05, 0.1) is 31.7 Å². The van der Waals surface area contributed by atoms with E-state index in [1.807, 2.05) is 0 Å². The van der Waals surface area contributed by atoms with E-state index in [1.165, 1.54) is 0 Å². The zero-order chi connectivity index (χ0) is 22.8. The number of hydrogen-bond acceptors (Lipinski definition) is 10. The summed E-state index contributed by atoms with van der Waals surface area (Å²) < 4.78 is 27.8. The number of aliphatic hydroxyl groups excluding tert-OH is 2. The van der Waals surface area contributed by atoms with Gasteiger partial charge in [-0.05, 0) is 19.6 Å². The molecule has 0 bridgehead atoms. The molecule has 0 aliphatic carbocycles. The van der Waals surface area contributed by atoms with Crippen molar-refractivity contribution < 1.29 is 51.5 Å². The van der Waals surface area contributed by atoms with Crippen molar-refractivity contribution in [1.82, 2.24) is 16.0 Å². The van der Waals surface area contributed by atoms with Crippen molar-refractivity contribution in [2.45, 2.75) is 19.6 Å². The standard InChI is InChI=1S/C13H29N3O11Si3/c1-28(8-14-11(19)20)25-29(2,9-15-12(21)23-6-4-17)27-30(3,26-28)10-16-13(22)24-7-5-18/h14,17-18H,4-10H2,1-3H3,(H,15,21)(H,16,22)(H,19,20). The fraction of sp³-hybridized carbons (Fsp3) is 0.769. The number of carbonyl (C=O) groups excluding carboxylic acids is 2. The van der Waals surface area contributed by atoms with Gasteiger partial charge in [-0.15, -0.1) is 0 Å². The zero-order valence-corrected chi connectivity index (χ0v) is 20.1. The molecule has 14 nitrogen and oxygen atoms in total. The molecule has 0 radical (unpaired) electrons. The van der Waals surface area contributed by atoms with E-state index in [9.17, 15) is 14.4 Å². The van der Waals surface area contributed by atoms with Crippen LogP contribution in [0.1, 0.15) is 0 Å². The second-order valence-corrected chi connectivity index (χ2v) is 17.1. The predicted molar refractivity (Wildman–Crippen MR) is 107 cm³/mol. The Labute approximate surface area is 176 Å². The van der Waals surface area contributed by atoms with Crippen LogP contribution < -0.4 is 16.0 Å². The molecule has 1 fully saturated rings. The largest absolute Gasteiger partial charge is 0.465 e. The fourth-order valence-corrected chi connectivity index (χ4v) is 18.5. The first-order valence-corrected chi connectivity index (χ1v) is 16.6. The molecular formula is C13H29N3O11Si3. The first-order valence-electron chi connectivity index (χ1n) is 9.05. The van der Waals surface area contributed by atoms with Gasteiger partial charge in [-0.2, -0.15) is 0 Å². The van der Waals surface area contributed by atoms with E-state index in [4.69, 9.17) is 37.1 Å². The van der Waals surface area contributed by atoms with Crippen LogP contribution in [-0.4, -0.2) is 104 Å². The molecule has 1 aliphatic heterocycles. The Hall–Kier alpha value is -1.74. The van der Waals surface area contributed by atoms with Gasteiger partial charge in [0.15, 0.2) is 0 Å². The van der Waals surface area contributed by atoms with Crippen LogP contribution in [0, 0.1) is 0 Å². The number of alkyl carbamates (subject to hydrolysis) is 2. The van der Waals surface area contributed by atoms with E-state index in [0.29, 0.717) is 0 Å². The number of ether oxygens (including phenoxy) is 2. The molecule has 174 valence electrons. The number of hydrogen-bond donors (Lipinski definition) is 6. The molecule has 30 heavy (non-hydrogen) atoms. The van der Waals surface area contributed by atoms with Gasteiger partial charge in [0.1, 0.15) is 13.2 Å². The van der Waals surface area contributed by atoms with Crippen LogP contribution in [-0.2, 0) is 21.8 Å². The Kier molecular flexibility index (Phi) is 10.2. The van der Waals surface area contributed by atoms with E-state index < -0.39 is 44.0 Å². The highest BCUT2D eigenvalue weighted by Crippen LogP contribution is 2.30. The van der Waals surface area contributed by atoms with E-state index in [2.05, 4.69) is 16.0 Å². The summed E-state index contributed by atoms with van der Waals surface area (Å²) in [5.41, 5.74) is 0. The molecule has 3 amide bonds. The third-order valence-electron chi connectivity index (χ3n) is 3.61. The van der Waals surface area contributed by atoms with Gasteiger partial charge < -0.3 is 53.1 Å². The highest BCUT2D eigenvalue weighted by Gasteiger charge is 2.57. The summed E-state index contributed by atoms with van der Waals surface area (Å²) >= 11 is 0. The summed E-state index contributed by atoms with van der Waals surface area (Å²) in [6.45, 7) is 4.05. The highest BCUT2D eigenvalue weighted by atomic mass is 28.5. The number of carbonyl (C=O) groups is 3. The number of carboxylic acid groups (broad SMARTS) is 1.